The number of aliphatic hydroxyl groups excluding tert-OH is 1. The van der Waals surface area contributed by atoms with Crippen molar-refractivity contribution >= 4 is 11.9 Å². The van der Waals surface area contributed by atoms with E-state index in [4.69, 9.17) is 5.11 Å². The fraction of sp³-hybridized carbons (Fsp3) is 0.778. The van der Waals surface area contributed by atoms with Crippen LogP contribution >= 0.6 is 0 Å². The van der Waals surface area contributed by atoms with E-state index in [0.29, 0.717) is 0 Å². The Balaban J connectivity index is 3.91. The Morgan fingerprint density at radius 1 is 1.21 bits per heavy atom. The van der Waals surface area contributed by atoms with Gasteiger partial charge in [0.15, 0.2) is 0 Å². The molecule has 0 aliphatic heterocycles. The van der Waals surface area contributed by atoms with Gasteiger partial charge >= 0.3 is 11.9 Å². The first kappa shape index (κ1) is 12.9. The van der Waals surface area contributed by atoms with Crippen molar-refractivity contribution in [3.63, 3.8) is 0 Å². The van der Waals surface area contributed by atoms with E-state index in [1.807, 2.05) is 0 Å². The van der Waals surface area contributed by atoms with Crippen LogP contribution in [0.5, 0.6) is 0 Å². The van der Waals surface area contributed by atoms with Gasteiger partial charge in [-0.05, 0) is 6.92 Å². The Bertz CT molecular complexity index is 209. The predicted molar refractivity (Wildman–Crippen MR) is 48.5 cm³/mol. The highest BCUT2D eigenvalue weighted by atomic mass is 16.6. The van der Waals surface area contributed by atoms with E-state index in [0.717, 1.165) is 0 Å². The largest absolute Gasteiger partial charge is 0.458 e. The van der Waals surface area contributed by atoms with Crippen LogP contribution < -0.4 is 0 Å². The molecule has 0 heterocycles. The summed E-state index contributed by atoms with van der Waals surface area (Å²) in [4.78, 5) is 21.7. The summed E-state index contributed by atoms with van der Waals surface area (Å²) < 4.78 is 9.07. The zero-order valence-corrected chi connectivity index (χ0v) is 8.70. The Kier molecular flexibility index (Phi) is 5.15. The molecule has 0 aromatic carbocycles. The van der Waals surface area contributed by atoms with Crippen molar-refractivity contribution in [3.05, 3.63) is 0 Å². The number of aliphatic hydroxyl groups is 1. The highest BCUT2D eigenvalue weighted by Crippen LogP contribution is 2.13. The van der Waals surface area contributed by atoms with Crippen LogP contribution in [0.15, 0.2) is 0 Å². The minimum absolute atomic E-state index is 0.0128. The topological polar surface area (TPSA) is 72.8 Å². The molecule has 0 amide bonds. The first-order valence-electron chi connectivity index (χ1n) is 4.37. The Morgan fingerprint density at radius 3 is 2.14 bits per heavy atom. The van der Waals surface area contributed by atoms with E-state index < -0.39 is 17.4 Å². The Hall–Kier alpha value is -1.10. The van der Waals surface area contributed by atoms with Crippen LogP contribution in [0.3, 0.4) is 0 Å². The van der Waals surface area contributed by atoms with Gasteiger partial charge in [0.25, 0.3) is 0 Å². The molecule has 0 bridgehead atoms. The molecule has 0 aromatic rings. The molecule has 0 atom stereocenters. The first-order valence-corrected chi connectivity index (χ1v) is 4.37. The number of hydrogen-bond acceptors (Lipinski definition) is 5. The second-order valence-electron chi connectivity index (χ2n) is 3.62. The lowest BCUT2D eigenvalue weighted by Crippen LogP contribution is -2.29. The van der Waals surface area contributed by atoms with Crippen LogP contribution in [0.25, 0.3) is 0 Å². The average Bonchev–Trinajstić information content (AvgIpc) is 2.15. The summed E-state index contributed by atoms with van der Waals surface area (Å²) in [6, 6.07) is 0. The van der Waals surface area contributed by atoms with E-state index in [1.54, 1.807) is 20.8 Å². The monoisotopic (exact) mass is 204 g/mol. The van der Waals surface area contributed by atoms with Crippen molar-refractivity contribution in [2.45, 2.75) is 20.8 Å². The minimum Gasteiger partial charge on any atom is -0.458 e. The maximum Gasteiger partial charge on any atom is 0.417 e. The summed E-state index contributed by atoms with van der Waals surface area (Å²) in [5.41, 5.74) is -0.540. The van der Waals surface area contributed by atoms with Crippen LogP contribution in [0.1, 0.15) is 20.8 Å². The van der Waals surface area contributed by atoms with E-state index in [1.165, 1.54) is 0 Å². The van der Waals surface area contributed by atoms with Crippen LogP contribution in [0.2, 0.25) is 0 Å². The van der Waals surface area contributed by atoms with Gasteiger partial charge in [0.05, 0.1) is 19.8 Å². The van der Waals surface area contributed by atoms with Gasteiger partial charge in [-0.15, -0.1) is 0 Å². The number of carbonyl (C=O) groups excluding carboxylic acids is 2. The van der Waals surface area contributed by atoms with Gasteiger partial charge in [0.1, 0.15) is 0 Å². The van der Waals surface area contributed by atoms with Gasteiger partial charge in [-0.2, -0.15) is 0 Å². The van der Waals surface area contributed by atoms with Crippen LogP contribution in [-0.2, 0) is 19.1 Å². The molecule has 0 aromatic heterocycles. The number of ether oxygens (including phenoxy) is 2. The molecule has 5 heteroatoms. The molecule has 0 aliphatic carbocycles. The highest BCUT2D eigenvalue weighted by molar-refractivity contribution is 6.29. The van der Waals surface area contributed by atoms with Crippen molar-refractivity contribution < 1.29 is 24.2 Å². The lowest BCUT2D eigenvalue weighted by Gasteiger charge is -2.20. The zero-order valence-electron chi connectivity index (χ0n) is 8.70. The molecular formula is C9H16O5. The molecular weight excluding hydrogens is 188 g/mol. The van der Waals surface area contributed by atoms with Crippen molar-refractivity contribution in [3.8, 4) is 0 Å². The summed E-state index contributed by atoms with van der Waals surface area (Å²) in [6.07, 6.45) is 0. The van der Waals surface area contributed by atoms with E-state index in [9.17, 15) is 9.59 Å². The molecule has 82 valence electrons. The minimum atomic E-state index is -1.02. The van der Waals surface area contributed by atoms with Gasteiger partial charge in [-0.25, -0.2) is 9.59 Å². The maximum atomic E-state index is 10.9. The summed E-state index contributed by atoms with van der Waals surface area (Å²) in [6.45, 7) is 5.03. The summed E-state index contributed by atoms with van der Waals surface area (Å²) in [5.74, 6) is -2.02. The SMILES string of the molecule is CCOC(=O)C(=O)OCC(C)(C)CO. The predicted octanol–water partition coefficient (Wildman–Crippen LogP) is 0.111. The smallest absolute Gasteiger partial charge is 0.417 e. The van der Waals surface area contributed by atoms with E-state index >= 15 is 0 Å². The molecule has 0 radical (unpaired) electrons. The van der Waals surface area contributed by atoms with Crippen LogP contribution in [0.4, 0.5) is 0 Å². The Labute approximate surface area is 83.0 Å². The van der Waals surface area contributed by atoms with Gasteiger partial charge in [-0.1, -0.05) is 13.8 Å². The molecule has 0 unspecified atom stereocenters. The zero-order chi connectivity index (χ0) is 11.2. The molecule has 0 fully saturated rings. The number of rotatable bonds is 4. The van der Waals surface area contributed by atoms with Crippen LogP contribution in [0, 0.1) is 5.41 Å². The molecule has 0 spiro atoms. The second kappa shape index (κ2) is 5.59. The summed E-state index contributed by atoms with van der Waals surface area (Å²) in [5, 5.41) is 8.84. The molecule has 0 rings (SSSR count). The van der Waals surface area contributed by atoms with Gasteiger partial charge < -0.3 is 14.6 Å². The first-order chi connectivity index (χ1) is 6.43. The number of esters is 2. The second-order valence-corrected chi connectivity index (χ2v) is 3.62. The van der Waals surface area contributed by atoms with Crippen molar-refractivity contribution in [1.29, 1.82) is 0 Å². The molecule has 0 saturated heterocycles. The van der Waals surface area contributed by atoms with E-state index in [2.05, 4.69) is 9.47 Å². The molecule has 1 N–H and O–H groups in total. The van der Waals surface area contributed by atoms with Crippen molar-refractivity contribution in [1.82, 2.24) is 0 Å². The van der Waals surface area contributed by atoms with E-state index in [-0.39, 0.29) is 19.8 Å². The lowest BCUT2D eigenvalue weighted by atomic mass is 9.97. The fourth-order valence-electron chi connectivity index (χ4n) is 0.556. The molecule has 0 saturated carbocycles. The maximum absolute atomic E-state index is 10.9. The number of hydrogen-bond donors (Lipinski definition) is 1. The molecule has 14 heavy (non-hydrogen) atoms. The third-order valence-electron chi connectivity index (χ3n) is 1.46. The quantitative estimate of drug-likeness (QED) is 0.519. The molecule has 5 nitrogen and oxygen atoms in total. The third-order valence-corrected chi connectivity index (χ3v) is 1.46. The van der Waals surface area contributed by atoms with Gasteiger partial charge in [0, 0.05) is 5.41 Å². The Morgan fingerprint density at radius 2 is 1.71 bits per heavy atom. The highest BCUT2D eigenvalue weighted by Gasteiger charge is 2.23. The third kappa shape index (κ3) is 4.81. The lowest BCUT2D eigenvalue weighted by molar-refractivity contribution is -0.169. The normalized spacial score (nSPS) is 10.9. The van der Waals surface area contributed by atoms with Crippen molar-refractivity contribution in [2.75, 3.05) is 19.8 Å². The molecule has 0 aliphatic rings. The van der Waals surface area contributed by atoms with Crippen LogP contribution in [-0.4, -0.2) is 36.9 Å². The fourth-order valence-corrected chi connectivity index (χ4v) is 0.556. The average molecular weight is 204 g/mol. The van der Waals surface area contributed by atoms with Gasteiger partial charge in [-0.3, -0.25) is 0 Å². The number of carbonyl (C=O) groups is 2. The summed E-state index contributed by atoms with van der Waals surface area (Å²) in [7, 11) is 0. The van der Waals surface area contributed by atoms with Crippen molar-refractivity contribution in [2.24, 2.45) is 5.41 Å². The summed E-state index contributed by atoms with van der Waals surface area (Å²) >= 11 is 0. The standard InChI is InChI=1S/C9H16O5/c1-4-13-7(11)8(12)14-6-9(2,3)5-10/h10H,4-6H2,1-3H3. The van der Waals surface area contributed by atoms with Gasteiger partial charge in [0.2, 0.25) is 0 Å².